The van der Waals surface area contributed by atoms with Crippen LogP contribution in [-0.4, -0.2) is 51.7 Å². The van der Waals surface area contributed by atoms with E-state index < -0.39 is 8.80 Å². The summed E-state index contributed by atoms with van der Waals surface area (Å²) in [6.45, 7) is 11.3. The fraction of sp³-hybridized carbons (Fsp3) is 0.625. The van der Waals surface area contributed by atoms with Crippen molar-refractivity contribution in [2.24, 2.45) is 0 Å². The highest BCUT2D eigenvalue weighted by atomic mass is 28.4. The Morgan fingerprint density at radius 2 is 1.29 bits per heavy atom. The van der Waals surface area contributed by atoms with Gasteiger partial charge in [0.1, 0.15) is 0 Å². The molecular formula is C16H25NO3Si. The van der Waals surface area contributed by atoms with E-state index in [1.165, 1.54) is 5.56 Å². The van der Waals surface area contributed by atoms with Crippen LogP contribution in [0.1, 0.15) is 26.3 Å². The van der Waals surface area contributed by atoms with Crippen LogP contribution in [0, 0.1) is 6.92 Å². The van der Waals surface area contributed by atoms with E-state index in [0.29, 0.717) is 0 Å². The largest absolute Gasteiger partial charge is 0.538 e. The van der Waals surface area contributed by atoms with E-state index >= 15 is 0 Å². The normalized spacial score (nSPS) is 40.4. The maximum Gasteiger partial charge on any atom is 0.538 e. The molecule has 1 aromatic rings. The monoisotopic (exact) mass is 307 g/mol. The van der Waals surface area contributed by atoms with Gasteiger partial charge in [0.15, 0.2) is 0 Å². The topological polar surface area (TPSA) is 30.9 Å². The van der Waals surface area contributed by atoms with Gasteiger partial charge in [-0.2, -0.15) is 0 Å². The van der Waals surface area contributed by atoms with Crippen molar-refractivity contribution >= 4 is 14.0 Å². The van der Waals surface area contributed by atoms with E-state index in [-0.39, 0.29) is 18.3 Å². The van der Waals surface area contributed by atoms with Crippen molar-refractivity contribution in [1.29, 1.82) is 0 Å². The Balaban J connectivity index is 2.02. The zero-order valence-electron chi connectivity index (χ0n) is 13.3. The number of hydrogen-bond acceptors (Lipinski definition) is 4. The number of hydrogen-bond donors (Lipinski definition) is 0. The summed E-state index contributed by atoms with van der Waals surface area (Å²) < 4.78 is 19.1. The second-order valence-electron chi connectivity index (χ2n) is 6.43. The Labute approximate surface area is 128 Å². The van der Waals surface area contributed by atoms with Gasteiger partial charge in [-0.05, 0) is 27.7 Å². The summed E-state index contributed by atoms with van der Waals surface area (Å²) in [5.74, 6) is 0. The van der Waals surface area contributed by atoms with Crippen LogP contribution >= 0.6 is 0 Å². The first-order chi connectivity index (χ1) is 9.97. The second-order valence-corrected chi connectivity index (χ2v) is 8.82. The maximum absolute atomic E-state index is 6.37. The second kappa shape index (κ2) is 5.82. The summed E-state index contributed by atoms with van der Waals surface area (Å²) in [4.78, 5) is 2.38. The molecule has 3 atom stereocenters. The molecule has 3 saturated heterocycles. The van der Waals surface area contributed by atoms with Crippen LogP contribution in [0.4, 0.5) is 0 Å². The van der Waals surface area contributed by atoms with Gasteiger partial charge in [-0.25, -0.2) is 0 Å². The number of aryl methyl sites for hydroxylation is 1. The minimum atomic E-state index is -2.84. The molecule has 0 spiro atoms. The van der Waals surface area contributed by atoms with Crippen LogP contribution in [-0.2, 0) is 13.3 Å². The molecule has 4 rings (SSSR count). The molecule has 5 heteroatoms. The maximum atomic E-state index is 6.37. The molecule has 3 aliphatic rings. The summed E-state index contributed by atoms with van der Waals surface area (Å²) in [6, 6.07) is 8.43. The molecule has 0 saturated carbocycles. The molecule has 21 heavy (non-hydrogen) atoms. The van der Waals surface area contributed by atoms with E-state index in [0.717, 1.165) is 24.8 Å². The Morgan fingerprint density at radius 1 is 0.857 bits per heavy atom. The van der Waals surface area contributed by atoms with Crippen LogP contribution in [0.25, 0.3) is 0 Å². The Morgan fingerprint density at radius 3 is 1.71 bits per heavy atom. The first-order valence-electron chi connectivity index (χ1n) is 7.80. The van der Waals surface area contributed by atoms with Gasteiger partial charge in [0, 0.05) is 24.8 Å². The van der Waals surface area contributed by atoms with Crippen molar-refractivity contribution in [2.45, 2.75) is 46.0 Å². The number of rotatable bonds is 1. The molecule has 0 aromatic heterocycles. The highest BCUT2D eigenvalue weighted by Crippen LogP contribution is 2.24. The fourth-order valence-corrected chi connectivity index (χ4v) is 6.23. The Hall–Kier alpha value is -0.723. The van der Waals surface area contributed by atoms with Gasteiger partial charge in [0.25, 0.3) is 0 Å². The first kappa shape index (κ1) is 15.2. The smallest absolute Gasteiger partial charge is 0.366 e. The standard InChI is InChI=1S/C16H25NO3Si/c1-12-5-7-16(8-6-12)21-18-13(2)9-17(10-14(3)19-21)11-15(4)20-21/h5-8,13-15H,9-11H2,1-4H3/t13-,14-,15+/m0/s1. The molecule has 4 nitrogen and oxygen atoms in total. The lowest BCUT2D eigenvalue weighted by Crippen LogP contribution is -2.67. The third-order valence-electron chi connectivity index (χ3n) is 4.02. The lowest BCUT2D eigenvalue weighted by Gasteiger charge is -2.45. The predicted octanol–water partition coefficient (Wildman–Crippen LogP) is 1.69. The zero-order chi connectivity index (χ0) is 15.0. The fourth-order valence-electron chi connectivity index (χ4n) is 3.27. The highest BCUT2D eigenvalue weighted by molar-refractivity contribution is 6.75. The third-order valence-corrected chi connectivity index (χ3v) is 7.20. The lowest BCUT2D eigenvalue weighted by molar-refractivity contribution is -0.0708. The molecule has 3 heterocycles. The summed E-state index contributed by atoms with van der Waals surface area (Å²) in [6.07, 6.45) is 0.369. The van der Waals surface area contributed by atoms with Gasteiger partial charge in [0.2, 0.25) is 0 Å². The molecule has 3 aliphatic heterocycles. The van der Waals surface area contributed by atoms with Gasteiger partial charge in [-0.1, -0.05) is 29.8 Å². The summed E-state index contributed by atoms with van der Waals surface area (Å²) in [7, 11) is -2.84. The van der Waals surface area contributed by atoms with Gasteiger partial charge in [0.05, 0.1) is 18.3 Å². The lowest BCUT2D eigenvalue weighted by atomic mass is 10.2. The average Bonchev–Trinajstić information content (AvgIpc) is 2.35. The van der Waals surface area contributed by atoms with Crippen molar-refractivity contribution in [2.75, 3.05) is 19.6 Å². The van der Waals surface area contributed by atoms with Crippen LogP contribution in [0.2, 0.25) is 0 Å². The molecule has 0 N–H and O–H groups in total. The van der Waals surface area contributed by atoms with Crippen LogP contribution in [0.5, 0.6) is 0 Å². The van der Waals surface area contributed by atoms with Crippen molar-refractivity contribution in [1.82, 2.24) is 4.90 Å². The molecule has 0 radical (unpaired) electrons. The van der Waals surface area contributed by atoms with Gasteiger partial charge >= 0.3 is 8.80 Å². The molecule has 0 aliphatic carbocycles. The van der Waals surface area contributed by atoms with Crippen LogP contribution in [0.15, 0.2) is 24.3 Å². The molecule has 0 amide bonds. The zero-order valence-corrected chi connectivity index (χ0v) is 14.3. The molecule has 1 aromatic carbocycles. The molecule has 0 unspecified atom stereocenters. The van der Waals surface area contributed by atoms with Gasteiger partial charge in [-0.3, -0.25) is 4.90 Å². The van der Waals surface area contributed by atoms with Crippen LogP contribution in [0.3, 0.4) is 0 Å². The summed E-state index contributed by atoms with van der Waals surface area (Å²) >= 11 is 0. The number of nitrogens with zero attached hydrogens (tertiary/aromatic N) is 1. The van der Waals surface area contributed by atoms with Crippen LogP contribution < -0.4 is 5.19 Å². The number of fused-ring (bicyclic) bond motifs is 6. The summed E-state index contributed by atoms with van der Waals surface area (Å²) in [5.41, 5.74) is 1.24. The van der Waals surface area contributed by atoms with Crippen molar-refractivity contribution in [3.63, 3.8) is 0 Å². The SMILES string of the molecule is Cc1ccc([Si]23O[C@H](C)CN(C[C@H](C)O2)C[C@H](C)O3)cc1. The average molecular weight is 307 g/mol. The minimum Gasteiger partial charge on any atom is -0.366 e. The van der Waals surface area contributed by atoms with E-state index in [2.05, 4.69) is 56.9 Å². The first-order valence-corrected chi connectivity index (χ1v) is 9.52. The summed E-state index contributed by atoms with van der Waals surface area (Å²) in [5, 5.41) is 1.08. The Bertz CT molecular complexity index is 457. The predicted molar refractivity (Wildman–Crippen MR) is 84.6 cm³/mol. The highest BCUT2D eigenvalue weighted by Gasteiger charge is 2.51. The molecule has 116 valence electrons. The van der Waals surface area contributed by atoms with Crippen molar-refractivity contribution < 1.29 is 13.3 Å². The van der Waals surface area contributed by atoms with Gasteiger partial charge in [-0.15, -0.1) is 0 Å². The minimum absolute atomic E-state index is 0.123. The quantitative estimate of drug-likeness (QED) is 0.739. The van der Waals surface area contributed by atoms with Gasteiger partial charge < -0.3 is 13.3 Å². The third kappa shape index (κ3) is 3.22. The van der Waals surface area contributed by atoms with Crippen molar-refractivity contribution in [3.05, 3.63) is 29.8 Å². The van der Waals surface area contributed by atoms with E-state index in [1.54, 1.807) is 0 Å². The van der Waals surface area contributed by atoms with Crippen molar-refractivity contribution in [3.8, 4) is 0 Å². The van der Waals surface area contributed by atoms with E-state index in [1.807, 2.05) is 0 Å². The molecule has 3 fully saturated rings. The molecule has 2 bridgehead atoms. The molecular weight excluding hydrogens is 282 g/mol. The Kier molecular flexibility index (Phi) is 4.20. The van der Waals surface area contributed by atoms with E-state index in [4.69, 9.17) is 13.3 Å². The van der Waals surface area contributed by atoms with E-state index in [9.17, 15) is 0 Å². The number of benzene rings is 1.